The molecule has 0 spiro atoms. The molecule has 1 saturated heterocycles. The van der Waals surface area contributed by atoms with Crippen molar-refractivity contribution in [3.05, 3.63) is 87.7 Å². The van der Waals surface area contributed by atoms with Crippen LogP contribution in [0.15, 0.2) is 64.0 Å². The van der Waals surface area contributed by atoms with Crippen molar-refractivity contribution >= 4 is 5.91 Å². The van der Waals surface area contributed by atoms with E-state index in [-0.39, 0.29) is 23.6 Å². The zero-order valence-corrected chi connectivity index (χ0v) is 20.7. The fraction of sp³-hybridized carbons (Fsp3) is 0.407. The quantitative estimate of drug-likeness (QED) is 0.466. The fourth-order valence-electron chi connectivity index (χ4n) is 5.31. The van der Waals surface area contributed by atoms with Gasteiger partial charge < -0.3 is 23.9 Å². The molecule has 9 nitrogen and oxygen atoms in total. The average Bonchev–Trinajstić information content (AvgIpc) is 3.55. The molecule has 0 bridgehead atoms. The summed E-state index contributed by atoms with van der Waals surface area (Å²) >= 11 is 0. The van der Waals surface area contributed by atoms with Gasteiger partial charge in [0.1, 0.15) is 17.1 Å². The average molecular weight is 492 g/mol. The lowest BCUT2D eigenvalue weighted by Crippen LogP contribution is -2.35. The largest absolute Gasteiger partial charge is 0.496 e. The molecule has 0 aliphatic carbocycles. The Morgan fingerprint density at radius 3 is 2.78 bits per heavy atom. The summed E-state index contributed by atoms with van der Waals surface area (Å²) in [5, 5.41) is 3.00. The van der Waals surface area contributed by atoms with E-state index in [1.165, 1.54) is 18.7 Å². The molecule has 4 heterocycles. The van der Waals surface area contributed by atoms with E-state index in [9.17, 15) is 9.59 Å². The molecule has 2 aliphatic heterocycles. The maximum atomic E-state index is 13.4. The second-order valence-corrected chi connectivity index (χ2v) is 9.46. The summed E-state index contributed by atoms with van der Waals surface area (Å²) in [6.45, 7) is 5.63. The van der Waals surface area contributed by atoms with Crippen LogP contribution in [0.2, 0.25) is 0 Å². The van der Waals surface area contributed by atoms with Crippen molar-refractivity contribution in [1.29, 1.82) is 0 Å². The van der Waals surface area contributed by atoms with Crippen molar-refractivity contribution in [3.63, 3.8) is 0 Å². The van der Waals surface area contributed by atoms with Crippen LogP contribution in [0.25, 0.3) is 0 Å². The minimum Gasteiger partial charge on any atom is -0.496 e. The Morgan fingerprint density at radius 2 is 2.03 bits per heavy atom. The predicted octanol–water partition coefficient (Wildman–Crippen LogP) is 2.26. The molecule has 1 amide bonds. The highest BCUT2D eigenvalue weighted by Gasteiger charge is 2.31. The van der Waals surface area contributed by atoms with Crippen molar-refractivity contribution in [2.75, 3.05) is 33.3 Å². The first-order valence-corrected chi connectivity index (χ1v) is 12.5. The highest BCUT2D eigenvalue weighted by atomic mass is 16.5. The van der Waals surface area contributed by atoms with Crippen LogP contribution in [0.5, 0.6) is 5.75 Å². The van der Waals surface area contributed by atoms with Gasteiger partial charge in [-0.2, -0.15) is 0 Å². The van der Waals surface area contributed by atoms with E-state index in [1.807, 2.05) is 19.1 Å². The molecule has 0 saturated carbocycles. The number of aromatic nitrogens is 1. The van der Waals surface area contributed by atoms with Gasteiger partial charge in [0.05, 0.1) is 25.5 Å². The second-order valence-electron chi connectivity index (χ2n) is 9.46. The Hall–Kier alpha value is -3.40. The highest BCUT2D eigenvalue weighted by molar-refractivity contribution is 5.98. The molecule has 3 unspecified atom stereocenters. The molecule has 1 fully saturated rings. The first kappa shape index (κ1) is 24.3. The van der Waals surface area contributed by atoms with Gasteiger partial charge >= 0.3 is 0 Å². The van der Waals surface area contributed by atoms with E-state index in [4.69, 9.17) is 9.15 Å². The lowest BCUT2D eigenvalue weighted by Gasteiger charge is -2.26. The Labute approximate surface area is 210 Å². The molecule has 3 aromatic rings. The predicted molar refractivity (Wildman–Crippen MR) is 136 cm³/mol. The van der Waals surface area contributed by atoms with Crippen molar-refractivity contribution in [1.82, 2.24) is 25.6 Å². The zero-order chi connectivity index (χ0) is 25.1. The van der Waals surface area contributed by atoms with Gasteiger partial charge in [-0.1, -0.05) is 30.3 Å². The molecule has 2 aromatic heterocycles. The topological polar surface area (TPSA) is 101 Å². The lowest BCUT2D eigenvalue weighted by atomic mass is 9.94. The first-order chi connectivity index (χ1) is 17.5. The summed E-state index contributed by atoms with van der Waals surface area (Å²) in [4.78, 5) is 28.8. The summed E-state index contributed by atoms with van der Waals surface area (Å²) in [5.74, 6) is 1.08. The molecule has 190 valence electrons. The van der Waals surface area contributed by atoms with Gasteiger partial charge in [-0.05, 0) is 24.6 Å². The van der Waals surface area contributed by atoms with Crippen molar-refractivity contribution < 1.29 is 13.9 Å². The molecule has 2 aliphatic rings. The Kier molecular flexibility index (Phi) is 7.22. The number of fused-ring (bicyclic) bond motifs is 1. The normalized spacial score (nSPS) is 20.9. The molecular weight excluding hydrogens is 458 g/mol. The zero-order valence-electron chi connectivity index (χ0n) is 20.7. The van der Waals surface area contributed by atoms with Crippen LogP contribution in [-0.2, 0) is 13.0 Å². The third kappa shape index (κ3) is 4.95. The number of pyridine rings is 1. The van der Waals surface area contributed by atoms with E-state index >= 15 is 0 Å². The number of carbonyl (C=O) groups is 1. The van der Waals surface area contributed by atoms with Gasteiger partial charge in [0.2, 0.25) is 0 Å². The molecule has 5 rings (SSSR count). The van der Waals surface area contributed by atoms with Crippen LogP contribution < -0.4 is 26.5 Å². The number of nitrogens with one attached hydrogen (secondary N) is 3. The summed E-state index contributed by atoms with van der Waals surface area (Å²) in [6.07, 6.45) is 2.16. The number of carbonyl (C=O) groups excluding carboxylic acids is 1. The minimum absolute atomic E-state index is 0.148. The van der Waals surface area contributed by atoms with Crippen molar-refractivity contribution in [2.24, 2.45) is 5.92 Å². The third-order valence-corrected chi connectivity index (χ3v) is 7.20. The first-order valence-electron chi connectivity index (χ1n) is 12.5. The number of nitrogens with zero attached hydrogens (tertiary/aromatic N) is 2. The standard InChI is InChI=1S/C27H33N5O4/c1-18(22-9-6-14-36-22)29-27(34)25-21-10-11-31(12-13-32(21)24(33)15-23(25)35-2)17-20-16-28-30-26(20)19-7-4-3-5-8-19/h3-9,14-15,18,20,26,28,30H,10-13,16-17H2,1-2H3,(H,29,34). The number of benzene rings is 1. The minimum atomic E-state index is -0.315. The maximum absolute atomic E-state index is 13.4. The molecule has 1 aromatic carbocycles. The number of rotatable bonds is 7. The highest BCUT2D eigenvalue weighted by Crippen LogP contribution is 2.27. The monoisotopic (exact) mass is 491 g/mol. The van der Waals surface area contributed by atoms with Gasteiger partial charge in [-0.3, -0.25) is 15.0 Å². The number of hydrazine groups is 1. The third-order valence-electron chi connectivity index (χ3n) is 7.20. The Morgan fingerprint density at radius 1 is 1.19 bits per heavy atom. The number of furan rings is 1. The van der Waals surface area contributed by atoms with Crippen LogP contribution in [0, 0.1) is 5.92 Å². The number of hydrogen-bond donors (Lipinski definition) is 3. The Balaban J connectivity index is 1.35. The molecule has 36 heavy (non-hydrogen) atoms. The van der Waals surface area contributed by atoms with Gasteiger partial charge in [0.25, 0.3) is 11.5 Å². The maximum Gasteiger partial charge on any atom is 0.257 e. The van der Waals surface area contributed by atoms with Crippen molar-refractivity contribution in [3.8, 4) is 5.75 Å². The van der Waals surface area contributed by atoms with E-state index in [1.54, 1.807) is 16.9 Å². The van der Waals surface area contributed by atoms with Crippen LogP contribution in [-0.4, -0.2) is 48.7 Å². The summed E-state index contributed by atoms with van der Waals surface area (Å²) in [5.41, 5.74) is 8.98. The second kappa shape index (κ2) is 10.7. The number of ether oxygens (including phenoxy) is 1. The van der Waals surface area contributed by atoms with E-state index in [0.29, 0.717) is 41.7 Å². The number of amides is 1. The summed E-state index contributed by atoms with van der Waals surface area (Å²) in [7, 11) is 1.49. The SMILES string of the molecule is COc1cc(=O)n2c(c1C(=O)NC(C)c1ccco1)CCN(CC1CNNC1c1ccccc1)CC2. The van der Waals surface area contributed by atoms with Crippen LogP contribution >= 0.6 is 0 Å². The van der Waals surface area contributed by atoms with Crippen LogP contribution in [0.1, 0.15) is 46.4 Å². The number of methoxy groups -OCH3 is 1. The lowest BCUT2D eigenvalue weighted by molar-refractivity contribution is 0.0930. The molecule has 9 heteroatoms. The van der Waals surface area contributed by atoms with Gasteiger partial charge in [-0.25, -0.2) is 5.43 Å². The van der Waals surface area contributed by atoms with Gasteiger partial charge in [0, 0.05) is 56.8 Å². The van der Waals surface area contributed by atoms with E-state index in [2.05, 4.69) is 45.3 Å². The smallest absolute Gasteiger partial charge is 0.257 e. The van der Waals surface area contributed by atoms with E-state index in [0.717, 1.165) is 26.2 Å². The molecular formula is C27H33N5O4. The van der Waals surface area contributed by atoms with Crippen LogP contribution in [0.4, 0.5) is 0 Å². The van der Waals surface area contributed by atoms with Gasteiger partial charge in [0.15, 0.2) is 0 Å². The number of hydrogen-bond acceptors (Lipinski definition) is 7. The van der Waals surface area contributed by atoms with Gasteiger partial charge in [-0.15, -0.1) is 0 Å². The van der Waals surface area contributed by atoms with E-state index < -0.39 is 0 Å². The molecule has 0 radical (unpaired) electrons. The van der Waals surface area contributed by atoms with Crippen LogP contribution in [0.3, 0.4) is 0 Å². The molecule has 3 atom stereocenters. The summed E-state index contributed by atoms with van der Waals surface area (Å²) in [6, 6.07) is 15.4. The van der Waals surface area contributed by atoms with Crippen molar-refractivity contribution in [2.45, 2.75) is 32.0 Å². The fourth-order valence-corrected chi connectivity index (χ4v) is 5.31. The summed E-state index contributed by atoms with van der Waals surface area (Å²) < 4.78 is 12.7. The molecule has 3 N–H and O–H groups in total. The Bertz CT molecular complexity index is 1240.